The van der Waals surface area contributed by atoms with Gasteiger partial charge in [-0.05, 0) is 0 Å². The van der Waals surface area contributed by atoms with Crippen molar-refractivity contribution in [3.63, 3.8) is 0 Å². The van der Waals surface area contributed by atoms with E-state index in [2.05, 4.69) is 9.05 Å². The van der Waals surface area contributed by atoms with Crippen molar-refractivity contribution >= 4 is 7.82 Å². The fourth-order valence-electron chi connectivity index (χ4n) is 0.679. The van der Waals surface area contributed by atoms with Gasteiger partial charge in [0.2, 0.25) is 6.54 Å². The number of phosphoric ester groups is 1. The molecule has 1 saturated heterocycles. The van der Waals surface area contributed by atoms with Crippen molar-refractivity contribution in [1.82, 2.24) is 0 Å². The number of hydrogen-bond acceptors (Lipinski definition) is 5. The average Bonchev–Trinajstić information content (AvgIpc) is 2.08. The Kier molecular flexibility index (Phi) is 2.24. The summed E-state index contributed by atoms with van der Waals surface area (Å²) in [6, 6.07) is 0. The number of hydrogen-bond donors (Lipinski definition) is 1. The lowest BCUT2D eigenvalue weighted by Gasteiger charge is -2.00. The monoisotopic (exact) mass is 183 g/mol. The third-order valence-corrected chi connectivity index (χ3v) is 2.10. The summed E-state index contributed by atoms with van der Waals surface area (Å²) in [7, 11) is -3.96. The van der Waals surface area contributed by atoms with Gasteiger partial charge in [0.15, 0.2) is 6.10 Å². The molecule has 1 N–H and O–H groups in total. The molecule has 7 nitrogen and oxygen atoms in total. The second kappa shape index (κ2) is 2.86. The van der Waals surface area contributed by atoms with Gasteiger partial charge in [-0.2, -0.15) is 0 Å². The molecule has 1 aliphatic rings. The second-order valence-electron chi connectivity index (χ2n) is 2.01. The zero-order valence-corrected chi connectivity index (χ0v) is 6.27. The van der Waals surface area contributed by atoms with E-state index >= 15 is 0 Å². The minimum atomic E-state index is -3.96. The Morgan fingerprint density at radius 1 is 1.82 bits per heavy atom. The van der Waals surface area contributed by atoms with Crippen LogP contribution in [0.3, 0.4) is 0 Å². The molecule has 0 aliphatic carbocycles. The molecule has 0 radical (unpaired) electrons. The summed E-state index contributed by atoms with van der Waals surface area (Å²) < 4.78 is 19.0. The fourth-order valence-corrected chi connectivity index (χ4v) is 1.60. The van der Waals surface area contributed by atoms with Crippen LogP contribution in [0.5, 0.6) is 0 Å². The van der Waals surface area contributed by atoms with Crippen LogP contribution in [-0.2, 0) is 13.6 Å². The molecule has 0 aromatic rings. The molecule has 0 bridgehead atoms. The van der Waals surface area contributed by atoms with E-state index < -0.39 is 25.4 Å². The highest BCUT2D eigenvalue weighted by Crippen LogP contribution is 2.49. The maximum Gasteiger partial charge on any atom is 0.472 e. The summed E-state index contributed by atoms with van der Waals surface area (Å²) in [5.41, 5.74) is 0. The van der Waals surface area contributed by atoms with Crippen molar-refractivity contribution in [2.45, 2.75) is 6.10 Å². The quantitative estimate of drug-likeness (QED) is 0.361. The Labute approximate surface area is 61.7 Å². The molecule has 11 heavy (non-hydrogen) atoms. The van der Waals surface area contributed by atoms with Crippen LogP contribution in [0.4, 0.5) is 0 Å². The second-order valence-corrected chi connectivity index (χ2v) is 3.41. The van der Waals surface area contributed by atoms with Gasteiger partial charge >= 0.3 is 7.82 Å². The normalized spacial score (nSPS) is 37.4. The van der Waals surface area contributed by atoms with Gasteiger partial charge in [0.25, 0.3) is 0 Å². The third-order valence-electron chi connectivity index (χ3n) is 1.06. The van der Waals surface area contributed by atoms with Crippen molar-refractivity contribution in [3.05, 3.63) is 10.1 Å². The highest BCUT2D eigenvalue weighted by Gasteiger charge is 2.37. The summed E-state index contributed by atoms with van der Waals surface area (Å²) in [4.78, 5) is 17.8. The van der Waals surface area contributed by atoms with E-state index in [1.54, 1.807) is 0 Å². The van der Waals surface area contributed by atoms with E-state index in [0.29, 0.717) is 0 Å². The first-order chi connectivity index (χ1) is 4.99. The third kappa shape index (κ3) is 2.55. The maximum atomic E-state index is 10.5. The van der Waals surface area contributed by atoms with Crippen molar-refractivity contribution < 1.29 is 23.4 Å². The summed E-state index contributed by atoms with van der Waals surface area (Å²) >= 11 is 0. The SMILES string of the molecule is O=[N+]([O-])CC1COP(=O)(O)O1. The topological polar surface area (TPSA) is 98.9 Å². The number of nitrogens with zero attached hydrogens (tertiary/aromatic N) is 1. The zero-order chi connectivity index (χ0) is 8.48. The maximum absolute atomic E-state index is 10.5. The molecule has 0 spiro atoms. The van der Waals surface area contributed by atoms with Crippen molar-refractivity contribution in [3.8, 4) is 0 Å². The van der Waals surface area contributed by atoms with Crippen LogP contribution < -0.4 is 0 Å². The molecule has 8 heteroatoms. The molecule has 0 amide bonds. The first-order valence-corrected chi connectivity index (χ1v) is 4.27. The van der Waals surface area contributed by atoms with Gasteiger partial charge in [0, 0.05) is 4.92 Å². The van der Waals surface area contributed by atoms with E-state index in [1.165, 1.54) is 0 Å². The van der Waals surface area contributed by atoms with Gasteiger partial charge in [-0.1, -0.05) is 0 Å². The number of phosphoric acid groups is 1. The van der Waals surface area contributed by atoms with Gasteiger partial charge in [0.05, 0.1) is 6.61 Å². The van der Waals surface area contributed by atoms with E-state index in [-0.39, 0.29) is 6.61 Å². The predicted molar refractivity (Wildman–Crippen MR) is 32.5 cm³/mol. The summed E-state index contributed by atoms with van der Waals surface area (Å²) in [5.74, 6) is 0. The van der Waals surface area contributed by atoms with E-state index in [0.717, 1.165) is 0 Å². The first kappa shape index (κ1) is 8.61. The van der Waals surface area contributed by atoms with Gasteiger partial charge in [-0.15, -0.1) is 0 Å². The molecule has 1 heterocycles. The number of nitro groups is 1. The zero-order valence-electron chi connectivity index (χ0n) is 5.37. The predicted octanol–water partition coefficient (Wildman–Crippen LogP) is -0.221. The molecular weight excluding hydrogens is 177 g/mol. The Balaban J connectivity index is 2.43. The lowest BCUT2D eigenvalue weighted by atomic mass is 10.4. The van der Waals surface area contributed by atoms with Crippen LogP contribution in [0.2, 0.25) is 0 Å². The summed E-state index contributed by atoms with van der Waals surface area (Å²) in [6.07, 6.45) is -0.902. The van der Waals surface area contributed by atoms with Crippen molar-refractivity contribution in [1.29, 1.82) is 0 Å². The molecule has 1 rings (SSSR count). The van der Waals surface area contributed by atoms with E-state index in [4.69, 9.17) is 4.89 Å². The van der Waals surface area contributed by atoms with Crippen LogP contribution in [0.15, 0.2) is 0 Å². The Bertz CT molecular complexity index is 216. The van der Waals surface area contributed by atoms with Crippen LogP contribution >= 0.6 is 7.82 Å². The van der Waals surface area contributed by atoms with Crippen LogP contribution in [-0.4, -0.2) is 29.1 Å². The van der Waals surface area contributed by atoms with Crippen LogP contribution in [0.25, 0.3) is 0 Å². The van der Waals surface area contributed by atoms with Gasteiger partial charge in [0.1, 0.15) is 0 Å². The molecule has 0 saturated carbocycles. The van der Waals surface area contributed by atoms with Gasteiger partial charge in [-0.25, -0.2) is 4.57 Å². The lowest BCUT2D eigenvalue weighted by molar-refractivity contribution is -0.488. The molecule has 1 fully saturated rings. The molecule has 0 aromatic carbocycles. The smallest absolute Gasteiger partial charge is 0.302 e. The molecule has 2 atom stereocenters. The molecule has 1 aliphatic heterocycles. The largest absolute Gasteiger partial charge is 0.472 e. The average molecular weight is 183 g/mol. The van der Waals surface area contributed by atoms with Crippen LogP contribution in [0, 0.1) is 10.1 Å². The van der Waals surface area contributed by atoms with Gasteiger partial charge in [-0.3, -0.25) is 19.2 Å². The first-order valence-electron chi connectivity index (χ1n) is 2.77. The molecule has 0 aromatic heterocycles. The standard InChI is InChI=1S/C3H6NO6P/c5-4(6)1-3-2-9-11(7,8)10-3/h3H,1-2H2,(H,7,8). The highest BCUT2D eigenvalue weighted by atomic mass is 31.2. The van der Waals surface area contributed by atoms with E-state index in [1.807, 2.05) is 0 Å². The minimum Gasteiger partial charge on any atom is -0.302 e. The lowest BCUT2D eigenvalue weighted by Crippen LogP contribution is -2.20. The van der Waals surface area contributed by atoms with Gasteiger partial charge < -0.3 is 4.89 Å². The summed E-state index contributed by atoms with van der Waals surface area (Å²) in [5, 5.41) is 9.86. The highest BCUT2D eigenvalue weighted by molar-refractivity contribution is 7.47. The van der Waals surface area contributed by atoms with Crippen LogP contribution in [0.1, 0.15) is 0 Å². The minimum absolute atomic E-state index is 0.200. The van der Waals surface area contributed by atoms with Crippen molar-refractivity contribution in [2.75, 3.05) is 13.2 Å². The molecular formula is C3H6NO6P. The number of rotatable bonds is 2. The van der Waals surface area contributed by atoms with E-state index in [9.17, 15) is 14.7 Å². The Morgan fingerprint density at radius 3 is 2.82 bits per heavy atom. The van der Waals surface area contributed by atoms with Crippen molar-refractivity contribution in [2.24, 2.45) is 0 Å². The Hall–Kier alpha value is -0.490. The Morgan fingerprint density at radius 2 is 2.45 bits per heavy atom. The summed E-state index contributed by atoms with van der Waals surface area (Å²) in [6.45, 7) is -0.709. The molecule has 64 valence electrons. The fraction of sp³-hybridized carbons (Fsp3) is 1.00. The molecule has 2 unspecified atom stereocenters.